The van der Waals surface area contributed by atoms with E-state index in [0.717, 1.165) is 52.6 Å². The Bertz CT molecular complexity index is 1050. The van der Waals surface area contributed by atoms with Gasteiger partial charge in [-0.05, 0) is 66.5 Å². The van der Waals surface area contributed by atoms with Crippen molar-refractivity contribution in [3.8, 4) is 20.9 Å². The molecule has 0 amide bonds. The molecule has 0 aliphatic rings. The third kappa shape index (κ3) is 10.1. The number of hydrogen-bond donors (Lipinski definition) is 0. The van der Waals surface area contributed by atoms with Gasteiger partial charge >= 0.3 is 0 Å². The fourth-order valence-electron chi connectivity index (χ4n) is 5.35. The van der Waals surface area contributed by atoms with Gasteiger partial charge in [0.05, 0.1) is 0 Å². The van der Waals surface area contributed by atoms with E-state index < -0.39 is 0 Å². The lowest BCUT2D eigenvalue weighted by Crippen LogP contribution is -2.34. The average molecular weight is 581 g/mol. The molecule has 0 saturated heterocycles. The minimum Gasteiger partial charge on any atom is -0.353 e. The summed E-state index contributed by atoms with van der Waals surface area (Å²) in [7, 11) is 2.09. The maximum Gasteiger partial charge on any atom is 0.164 e. The van der Waals surface area contributed by atoms with E-state index in [1.54, 1.807) is 0 Å². The van der Waals surface area contributed by atoms with Gasteiger partial charge in [0, 0.05) is 47.6 Å². The van der Waals surface area contributed by atoms with Crippen LogP contribution >= 0.6 is 11.3 Å². The average Bonchev–Trinajstić information content (AvgIpc) is 3.43. The zero-order valence-electron chi connectivity index (χ0n) is 25.4. The van der Waals surface area contributed by atoms with Crippen molar-refractivity contribution in [2.75, 3.05) is 0 Å². The summed E-state index contributed by atoms with van der Waals surface area (Å²) in [5.74, 6) is 0.264. The first-order valence-corrected chi connectivity index (χ1v) is 18.7. The lowest BCUT2D eigenvalue weighted by atomic mass is 9.94. The van der Waals surface area contributed by atoms with Crippen LogP contribution in [-0.4, -0.2) is 38.2 Å². The molecule has 0 saturated carbocycles. The Morgan fingerprint density at radius 2 is 1.18 bits per heavy atom. The minimum atomic E-state index is -0.146. The van der Waals surface area contributed by atoms with Crippen molar-refractivity contribution in [1.82, 2.24) is 0 Å². The molecule has 2 nitrogen and oxygen atoms in total. The molecule has 214 valence electrons. The van der Waals surface area contributed by atoms with Crippen molar-refractivity contribution >= 4 is 31.8 Å². The van der Waals surface area contributed by atoms with Crippen LogP contribution in [0.2, 0.25) is 0 Å². The summed E-state index contributed by atoms with van der Waals surface area (Å²) in [4.78, 5) is 2.66. The highest BCUT2D eigenvalue weighted by Gasteiger charge is 2.27. The first-order chi connectivity index (χ1) is 19.0. The quantitative estimate of drug-likeness (QED) is 0.0861. The SMILES string of the molecule is CCCCCCc1ccc(-c2ccc(-c3ccc(C(CC)C(OC([SiH3])CCC)OC([SiH3])CCC)cc3)s2)cc1. The van der Waals surface area contributed by atoms with E-state index in [-0.39, 0.29) is 12.2 Å². The fourth-order valence-corrected chi connectivity index (χ4v) is 8.06. The number of unbranched alkanes of at least 4 members (excludes halogenated alkanes) is 3. The van der Waals surface area contributed by atoms with Gasteiger partial charge < -0.3 is 9.47 Å². The summed E-state index contributed by atoms with van der Waals surface area (Å²) in [5, 5.41) is 0. The van der Waals surface area contributed by atoms with Gasteiger partial charge in [-0.15, -0.1) is 11.3 Å². The Balaban J connectivity index is 1.70. The smallest absolute Gasteiger partial charge is 0.164 e. The molecule has 2 aromatic carbocycles. The van der Waals surface area contributed by atoms with Crippen LogP contribution in [0.1, 0.15) is 103 Å². The number of hydrogen-bond acceptors (Lipinski definition) is 3. The topological polar surface area (TPSA) is 18.5 Å². The van der Waals surface area contributed by atoms with Crippen molar-refractivity contribution < 1.29 is 9.47 Å². The normalized spacial score (nSPS) is 14.9. The molecule has 0 bridgehead atoms. The second-order valence-corrected chi connectivity index (χ2v) is 14.8. The predicted molar refractivity (Wildman–Crippen MR) is 179 cm³/mol. The van der Waals surface area contributed by atoms with E-state index in [1.165, 1.54) is 64.1 Å². The van der Waals surface area contributed by atoms with Crippen molar-refractivity contribution in [2.24, 2.45) is 0 Å². The molecule has 0 spiro atoms. The number of rotatable bonds is 18. The van der Waals surface area contributed by atoms with Gasteiger partial charge in [0.15, 0.2) is 6.29 Å². The second-order valence-electron chi connectivity index (χ2n) is 11.1. The van der Waals surface area contributed by atoms with Gasteiger partial charge in [-0.2, -0.15) is 0 Å². The Kier molecular flexibility index (Phi) is 14.2. The van der Waals surface area contributed by atoms with E-state index >= 15 is 0 Å². The minimum absolute atomic E-state index is 0.146. The van der Waals surface area contributed by atoms with Crippen molar-refractivity contribution in [3.05, 3.63) is 71.8 Å². The molecule has 3 aromatic rings. The summed E-state index contributed by atoms with van der Waals surface area (Å²) < 4.78 is 13.2. The third-order valence-corrected chi connectivity index (χ3v) is 10.6. The van der Waals surface area contributed by atoms with Crippen LogP contribution in [0.25, 0.3) is 20.9 Å². The summed E-state index contributed by atoms with van der Waals surface area (Å²) in [6, 6.07) is 23.0. The van der Waals surface area contributed by atoms with E-state index in [2.05, 4.69) is 88.4 Å². The van der Waals surface area contributed by atoms with Gasteiger partial charge in [0.2, 0.25) is 0 Å². The molecule has 3 unspecified atom stereocenters. The Morgan fingerprint density at radius 1 is 0.641 bits per heavy atom. The number of thiophene rings is 1. The van der Waals surface area contributed by atoms with Gasteiger partial charge in [0.1, 0.15) is 0 Å². The van der Waals surface area contributed by atoms with Crippen LogP contribution in [0.3, 0.4) is 0 Å². The Hall–Kier alpha value is -1.51. The molecule has 0 aliphatic carbocycles. The largest absolute Gasteiger partial charge is 0.353 e. The van der Waals surface area contributed by atoms with Gasteiger partial charge in [-0.1, -0.05) is 108 Å². The summed E-state index contributed by atoms with van der Waals surface area (Å²) in [5.41, 5.74) is 6.09. The van der Waals surface area contributed by atoms with Gasteiger partial charge in [0.25, 0.3) is 0 Å². The molecule has 3 atom stereocenters. The lowest BCUT2D eigenvalue weighted by Gasteiger charge is -2.32. The molecule has 0 aliphatic heterocycles. The molecule has 3 rings (SSSR count). The highest BCUT2D eigenvalue weighted by molar-refractivity contribution is 7.18. The molecular weight excluding hydrogens is 529 g/mol. The van der Waals surface area contributed by atoms with Gasteiger partial charge in [-0.3, -0.25) is 0 Å². The Morgan fingerprint density at radius 3 is 1.67 bits per heavy atom. The molecule has 0 fully saturated rings. The molecule has 0 radical (unpaired) electrons. The Labute approximate surface area is 248 Å². The van der Waals surface area contributed by atoms with Crippen LogP contribution in [0.15, 0.2) is 60.7 Å². The molecule has 1 heterocycles. The summed E-state index contributed by atoms with van der Waals surface area (Å²) >= 11 is 1.88. The molecule has 0 N–H and O–H groups in total. The van der Waals surface area contributed by atoms with Gasteiger partial charge in [-0.25, -0.2) is 0 Å². The summed E-state index contributed by atoms with van der Waals surface area (Å²) in [6.07, 6.45) is 11.9. The van der Waals surface area contributed by atoms with E-state index in [4.69, 9.17) is 9.47 Å². The lowest BCUT2D eigenvalue weighted by molar-refractivity contribution is -0.177. The standard InChI is InChI=1S/C34H52O2SSi2/c1-5-9-10-11-14-25-15-17-27(18-16-25)30-23-24-31(37-30)28-21-19-26(20-22-28)29(8-4)34(35-32(38)12-6-2)36-33(39)13-7-3/h15-24,29,32-34H,5-14H2,1-4,38-39H3. The van der Waals surface area contributed by atoms with Crippen molar-refractivity contribution in [1.29, 1.82) is 0 Å². The number of ether oxygens (including phenoxy) is 2. The third-order valence-electron chi connectivity index (χ3n) is 7.68. The molecule has 5 heteroatoms. The van der Waals surface area contributed by atoms with E-state index in [0.29, 0.717) is 11.5 Å². The van der Waals surface area contributed by atoms with Crippen LogP contribution in [0.4, 0.5) is 0 Å². The molecule has 1 aromatic heterocycles. The molecule has 39 heavy (non-hydrogen) atoms. The highest BCUT2D eigenvalue weighted by Crippen LogP contribution is 2.36. The highest BCUT2D eigenvalue weighted by atomic mass is 32.1. The first kappa shape index (κ1) is 32.0. The van der Waals surface area contributed by atoms with Crippen molar-refractivity contribution in [3.63, 3.8) is 0 Å². The van der Waals surface area contributed by atoms with Crippen LogP contribution in [0, 0.1) is 0 Å². The predicted octanol–water partition coefficient (Wildman–Crippen LogP) is 8.04. The zero-order valence-corrected chi connectivity index (χ0v) is 30.2. The van der Waals surface area contributed by atoms with Crippen LogP contribution in [0.5, 0.6) is 0 Å². The molecular formula is C34H52O2SSi2. The van der Waals surface area contributed by atoms with Crippen LogP contribution < -0.4 is 0 Å². The maximum atomic E-state index is 6.59. The van der Waals surface area contributed by atoms with E-state index in [9.17, 15) is 0 Å². The maximum absolute atomic E-state index is 6.59. The van der Waals surface area contributed by atoms with Crippen molar-refractivity contribution in [2.45, 2.75) is 116 Å². The summed E-state index contributed by atoms with van der Waals surface area (Å²) in [6.45, 7) is 9.03. The monoisotopic (exact) mass is 580 g/mol. The second kappa shape index (κ2) is 17.3. The number of aryl methyl sites for hydroxylation is 1. The number of benzene rings is 2. The zero-order chi connectivity index (χ0) is 28.0. The van der Waals surface area contributed by atoms with E-state index in [1.807, 2.05) is 11.3 Å². The fraction of sp³-hybridized carbons (Fsp3) is 0.529. The van der Waals surface area contributed by atoms with Crippen LogP contribution in [-0.2, 0) is 15.9 Å². The first-order valence-electron chi connectivity index (χ1n) is 15.6.